The van der Waals surface area contributed by atoms with Crippen LogP contribution >= 0.6 is 0 Å². The highest BCUT2D eigenvalue weighted by molar-refractivity contribution is 5.15. The summed E-state index contributed by atoms with van der Waals surface area (Å²) in [4.78, 5) is 0. The third kappa shape index (κ3) is 0.395. The second-order valence-corrected chi connectivity index (χ2v) is 4.66. The van der Waals surface area contributed by atoms with E-state index in [4.69, 9.17) is 0 Å². The average molecular weight is 122 g/mol. The lowest BCUT2D eigenvalue weighted by molar-refractivity contribution is 0.0593. The van der Waals surface area contributed by atoms with Crippen molar-refractivity contribution in [3.8, 4) is 0 Å². The molecule has 9 heavy (non-hydrogen) atoms. The third-order valence-corrected chi connectivity index (χ3v) is 4.04. The third-order valence-electron chi connectivity index (χ3n) is 4.04. The number of fused-ring (bicyclic) bond motifs is 1. The van der Waals surface area contributed by atoms with E-state index in [0.29, 0.717) is 0 Å². The van der Waals surface area contributed by atoms with Crippen molar-refractivity contribution in [3.63, 3.8) is 0 Å². The molecule has 0 aliphatic heterocycles. The fraction of sp³-hybridized carbons (Fsp3) is 1.00. The van der Waals surface area contributed by atoms with Crippen LogP contribution in [0.3, 0.4) is 0 Å². The van der Waals surface area contributed by atoms with Crippen molar-refractivity contribution < 1.29 is 0 Å². The van der Waals surface area contributed by atoms with E-state index in [-0.39, 0.29) is 0 Å². The summed E-state index contributed by atoms with van der Waals surface area (Å²) < 4.78 is 0. The van der Waals surface area contributed by atoms with E-state index in [2.05, 4.69) is 6.92 Å². The van der Waals surface area contributed by atoms with E-state index in [0.717, 1.165) is 11.3 Å². The van der Waals surface area contributed by atoms with E-state index >= 15 is 0 Å². The van der Waals surface area contributed by atoms with Gasteiger partial charge in [-0.05, 0) is 48.9 Å². The van der Waals surface area contributed by atoms with Gasteiger partial charge < -0.3 is 0 Å². The molecule has 2 atom stereocenters. The molecule has 0 aromatic carbocycles. The van der Waals surface area contributed by atoms with Gasteiger partial charge in [-0.2, -0.15) is 0 Å². The highest BCUT2D eigenvalue weighted by Gasteiger charge is 2.66. The van der Waals surface area contributed by atoms with Crippen molar-refractivity contribution in [2.75, 3.05) is 0 Å². The first-order valence-corrected chi connectivity index (χ1v) is 4.30. The van der Waals surface area contributed by atoms with Crippen LogP contribution in [0.2, 0.25) is 0 Å². The zero-order valence-corrected chi connectivity index (χ0v) is 6.06. The summed E-state index contributed by atoms with van der Waals surface area (Å²) in [6.07, 6.45) is 6.39. The molecule has 2 bridgehead atoms. The van der Waals surface area contributed by atoms with Gasteiger partial charge in [-0.1, -0.05) is 6.92 Å². The molecule has 4 saturated carbocycles. The first kappa shape index (κ1) is 4.76. The molecule has 1 spiro atoms. The van der Waals surface area contributed by atoms with E-state index < -0.39 is 0 Å². The Bertz CT molecular complexity index is 153. The lowest BCUT2D eigenvalue weighted by atomic mass is 9.61. The predicted molar refractivity (Wildman–Crippen MR) is 37.0 cm³/mol. The minimum absolute atomic E-state index is 0.961. The molecule has 0 heterocycles. The quantitative estimate of drug-likeness (QED) is 0.463. The maximum Gasteiger partial charge on any atom is -0.0258 e. The van der Waals surface area contributed by atoms with Crippen LogP contribution in [0.15, 0.2) is 0 Å². The maximum atomic E-state index is 2.46. The zero-order chi connectivity index (χ0) is 6.06. The van der Waals surface area contributed by atoms with Crippen LogP contribution < -0.4 is 0 Å². The Hall–Kier alpha value is 0. The van der Waals surface area contributed by atoms with Gasteiger partial charge in [0, 0.05) is 0 Å². The molecule has 4 rings (SSSR count). The van der Waals surface area contributed by atoms with Gasteiger partial charge >= 0.3 is 0 Å². The second-order valence-electron chi connectivity index (χ2n) is 4.66. The van der Waals surface area contributed by atoms with Crippen LogP contribution in [-0.2, 0) is 0 Å². The van der Waals surface area contributed by atoms with Gasteiger partial charge in [-0.15, -0.1) is 0 Å². The first-order chi connectivity index (χ1) is 4.30. The molecule has 4 aliphatic carbocycles. The van der Waals surface area contributed by atoms with E-state index in [1.807, 2.05) is 0 Å². The van der Waals surface area contributed by atoms with Crippen molar-refractivity contribution in [2.45, 2.75) is 32.6 Å². The van der Waals surface area contributed by atoms with Crippen molar-refractivity contribution in [1.29, 1.82) is 0 Å². The molecule has 0 N–H and O–H groups in total. The summed E-state index contributed by atoms with van der Waals surface area (Å²) in [7, 11) is 0. The maximum absolute atomic E-state index is 2.46. The van der Waals surface area contributed by atoms with Crippen molar-refractivity contribution in [1.82, 2.24) is 0 Å². The summed E-state index contributed by atoms with van der Waals surface area (Å²) in [6, 6.07) is 0. The van der Waals surface area contributed by atoms with Crippen LogP contribution in [0.4, 0.5) is 0 Å². The minimum atomic E-state index is 0.961. The van der Waals surface area contributed by atoms with E-state index in [9.17, 15) is 0 Å². The standard InChI is InChI=1S/C9H14/c1-6-2-7-3-9(4-7)5-8(6)9/h6-8H,2-5H2,1H3. The van der Waals surface area contributed by atoms with Gasteiger partial charge in [0.15, 0.2) is 0 Å². The van der Waals surface area contributed by atoms with Crippen LogP contribution in [-0.4, -0.2) is 0 Å². The lowest BCUT2D eigenvalue weighted by Gasteiger charge is -2.44. The summed E-state index contributed by atoms with van der Waals surface area (Å²) in [5, 5.41) is 0. The van der Waals surface area contributed by atoms with Gasteiger partial charge in [-0.3, -0.25) is 0 Å². The Balaban J connectivity index is 1.93. The predicted octanol–water partition coefficient (Wildman–Crippen LogP) is 2.44. The summed E-state index contributed by atoms with van der Waals surface area (Å²) in [6.45, 7) is 2.46. The Morgan fingerprint density at radius 3 is 2.56 bits per heavy atom. The number of hydrogen-bond acceptors (Lipinski definition) is 0. The molecule has 0 amide bonds. The molecular weight excluding hydrogens is 108 g/mol. The van der Waals surface area contributed by atoms with Gasteiger partial charge in [0.2, 0.25) is 0 Å². The molecular formula is C9H14. The number of hydrogen-bond donors (Lipinski definition) is 0. The second kappa shape index (κ2) is 1.09. The minimum Gasteiger partial charge on any atom is -0.0622 e. The van der Waals surface area contributed by atoms with E-state index in [1.54, 1.807) is 25.7 Å². The Labute approximate surface area is 56.6 Å². The fourth-order valence-corrected chi connectivity index (χ4v) is 3.60. The average Bonchev–Trinajstić information content (AvgIpc) is 2.37. The number of rotatable bonds is 0. The van der Waals surface area contributed by atoms with Gasteiger partial charge in [-0.25, -0.2) is 0 Å². The van der Waals surface area contributed by atoms with Gasteiger partial charge in [0.05, 0.1) is 0 Å². The molecule has 0 saturated heterocycles. The molecule has 0 nitrogen and oxygen atoms in total. The lowest BCUT2D eigenvalue weighted by Crippen LogP contribution is -2.34. The van der Waals surface area contributed by atoms with Crippen LogP contribution in [0.25, 0.3) is 0 Å². The summed E-state index contributed by atoms with van der Waals surface area (Å²) >= 11 is 0. The highest BCUT2D eigenvalue weighted by atomic mass is 14.7. The highest BCUT2D eigenvalue weighted by Crippen LogP contribution is 2.75. The van der Waals surface area contributed by atoms with Crippen molar-refractivity contribution >= 4 is 0 Å². The molecule has 50 valence electrons. The van der Waals surface area contributed by atoms with Gasteiger partial charge in [0.1, 0.15) is 0 Å². The summed E-state index contributed by atoms with van der Waals surface area (Å²) in [5.74, 6) is 3.44. The summed E-state index contributed by atoms with van der Waals surface area (Å²) in [5.41, 5.74) is 0.961. The van der Waals surface area contributed by atoms with Crippen LogP contribution in [0, 0.1) is 23.2 Å². The Morgan fingerprint density at radius 1 is 1.22 bits per heavy atom. The molecule has 2 unspecified atom stereocenters. The van der Waals surface area contributed by atoms with Crippen molar-refractivity contribution in [3.05, 3.63) is 0 Å². The normalized spacial score (nSPS) is 68.3. The zero-order valence-electron chi connectivity index (χ0n) is 6.06. The van der Waals surface area contributed by atoms with Crippen LogP contribution in [0.5, 0.6) is 0 Å². The smallest absolute Gasteiger partial charge is 0.0258 e. The molecule has 0 radical (unpaired) electrons. The van der Waals surface area contributed by atoms with Gasteiger partial charge in [0.25, 0.3) is 0 Å². The first-order valence-electron chi connectivity index (χ1n) is 4.30. The fourth-order valence-electron chi connectivity index (χ4n) is 3.60. The molecule has 0 heteroatoms. The SMILES string of the molecule is CC1CC2CC3(C2)CC13. The topological polar surface area (TPSA) is 0 Å². The Morgan fingerprint density at radius 2 is 2.00 bits per heavy atom. The molecule has 4 aliphatic rings. The molecule has 4 fully saturated rings. The Kier molecular flexibility index (Phi) is 0.574. The largest absolute Gasteiger partial charge is 0.0622 e. The monoisotopic (exact) mass is 122 g/mol. The molecule has 0 aromatic rings. The van der Waals surface area contributed by atoms with Crippen LogP contribution in [0.1, 0.15) is 32.6 Å². The molecule has 0 aromatic heterocycles. The van der Waals surface area contributed by atoms with E-state index in [1.165, 1.54) is 11.8 Å². The van der Waals surface area contributed by atoms with Crippen molar-refractivity contribution in [2.24, 2.45) is 23.2 Å².